The van der Waals surface area contributed by atoms with E-state index in [1.165, 1.54) is 11.8 Å². The van der Waals surface area contributed by atoms with Crippen molar-refractivity contribution in [3.63, 3.8) is 0 Å². The fourth-order valence-corrected chi connectivity index (χ4v) is 2.63. The Morgan fingerprint density at radius 3 is 2.71 bits per heavy atom. The highest BCUT2D eigenvalue weighted by Gasteiger charge is 2.12. The van der Waals surface area contributed by atoms with Crippen LogP contribution in [0.25, 0.3) is 11.0 Å². The lowest BCUT2D eigenvalue weighted by molar-refractivity contribution is -0.117. The van der Waals surface area contributed by atoms with E-state index in [-0.39, 0.29) is 17.7 Å². The zero-order chi connectivity index (χ0) is 15.4. The fraction of sp³-hybridized carbons (Fsp3) is 0.357. The van der Waals surface area contributed by atoms with Crippen LogP contribution in [-0.2, 0) is 11.8 Å². The summed E-state index contributed by atoms with van der Waals surface area (Å²) in [4.78, 5) is 27.6. The normalized spacial score (nSPS) is 10.9. The van der Waals surface area contributed by atoms with Crippen LogP contribution >= 0.6 is 11.8 Å². The van der Waals surface area contributed by atoms with Crippen molar-refractivity contribution in [1.29, 1.82) is 0 Å². The zero-order valence-electron chi connectivity index (χ0n) is 12.2. The van der Waals surface area contributed by atoms with Crippen molar-refractivity contribution < 1.29 is 9.59 Å². The van der Waals surface area contributed by atoms with Crippen LogP contribution in [0.1, 0.15) is 13.8 Å². The third-order valence-electron chi connectivity index (χ3n) is 2.75. The van der Waals surface area contributed by atoms with E-state index < -0.39 is 6.03 Å². The van der Waals surface area contributed by atoms with E-state index >= 15 is 0 Å². The molecule has 0 aliphatic heterocycles. The Kier molecular flexibility index (Phi) is 4.85. The number of hydrogen-bond acceptors (Lipinski definition) is 4. The molecule has 1 aromatic heterocycles. The fourth-order valence-electron chi connectivity index (χ4n) is 1.84. The lowest BCUT2D eigenvalue weighted by atomic mass is 10.3. The molecule has 2 rings (SSSR count). The van der Waals surface area contributed by atoms with Gasteiger partial charge in [0.1, 0.15) is 0 Å². The third kappa shape index (κ3) is 3.98. The summed E-state index contributed by atoms with van der Waals surface area (Å²) in [6, 6.07) is 7.29. The van der Waals surface area contributed by atoms with Crippen molar-refractivity contribution in [2.75, 3.05) is 5.75 Å². The Balaban J connectivity index is 1.94. The maximum Gasteiger partial charge on any atom is 0.321 e. The topological polar surface area (TPSA) is 76.0 Å². The highest BCUT2D eigenvalue weighted by molar-refractivity contribution is 7.99. The molecule has 3 amide bonds. The first kappa shape index (κ1) is 15.4. The van der Waals surface area contributed by atoms with Crippen molar-refractivity contribution in [2.24, 2.45) is 7.05 Å². The number of para-hydroxylation sites is 2. The Morgan fingerprint density at radius 1 is 1.33 bits per heavy atom. The maximum atomic E-state index is 11.7. The Morgan fingerprint density at radius 2 is 2.05 bits per heavy atom. The first-order valence-corrected chi connectivity index (χ1v) is 7.60. The van der Waals surface area contributed by atoms with Crippen LogP contribution in [0.4, 0.5) is 4.79 Å². The minimum absolute atomic E-state index is 0.00899. The van der Waals surface area contributed by atoms with Crippen molar-refractivity contribution in [2.45, 2.75) is 25.0 Å². The number of rotatable bonds is 4. The molecule has 0 saturated heterocycles. The van der Waals surface area contributed by atoms with Crippen LogP contribution in [-0.4, -0.2) is 33.3 Å². The predicted octanol–water partition coefficient (Wildman–Crippen LogP) is 1.90. The number of carbonyl (C=O) groups excluding carboxylic acids is 2. The second-order valence-corrected chi connectivity index (χ2v) is 5.85. The molecule has 7 heteroatoms. The number of nitrogens with one attached hydrogen (secondary N) is 2. The molecule has 2 N–H and O–H groups in total. The first-order valence-electron chi connectivity index (χ1n) is 6.62. The van der Waals surface area contributed by atoms with E-state index in [0.29, 0.717) is 0 Å². The molecular weight excluding hydrogens is 288 g/mol. The largest absolute Gasteiger partial charge is 0.336 e. The number of carbonyl (C=O) groups is 2. The van der Waals surface area contributed by atoms with Crippen molar-refractivity contribution in [1.82, 2.24) is 20.2 Å². The Bertz CT molecular complexity index is 666. The molecule has 0 aliphatic carbocycles. The predicted molar refractivity (Wildman–Crippen MR) is 83.2 cm³/mol. The molecular formula is C14H18N4O2S. The summed E-state index contributed by atoms with van der Waals surface area (Å²) in [6.45, 7) is 3.66. The summed E-state index contributed by atoms with van der Waals surface area (Å²) in [7, 11) is 1.90. The summed E-state index contributed by atoms with van der Waals surface area (Å²) < 4.78 is 1.93. The molecule has 0 spiro atoms. The van der Waals surface area contributed by atoms with E-state index in [1.54, 1.807) is 0 Å². The van der Waals surface area contributed by atoms with Crippen LogP contribution in [0.2, 0.25) is 0 Å². The van der Waals surface area contributed by atoms with Gasteiger partial charge in [-0.25, -0.2) is 9.78 Å². The number of benzene rings is 1. The number of fused-ring (bicyclic) bond motifs is 1. The molecule has 2 aromatic rings. The van der Waals surface area contributed by atoms with Gasteiger partial charge >= 0.3 is 6.03 Å². The third-order valence-corrected chi connectivity index (χ3v) is 3.78. The number of nitrogens with zero attached hydrogens (tertiary/aromatic N) is 2. The van der Waals surface area contributed by atoms with Gasteiger partial charge in [0.15, 0.2) is 5.16 Å². The minimum atomic E-state index is -0.472. The molecule has 0 saturated carbocycles. The molecule has 0 aliphatic rings. The van der Waals surface area contributed by atoms with Crippen LogP contribution in [0.15, 0.2) is 29.4 Å². The summed E-state index contributed by atoms with van der Waals surface area (Å²) in [6.07, 6.45) is 0. The molecule has 0 radical (unpaired) electrons. The smallest absolute Gasteiger partial charge is 0.321 e. The summed E-state index contributed by atoms with van der Waals surface area (Å²) in [5, 5.41) is 5.64. The summed E-state index contributed by atoms with van der Waals surface area (Å²) in [5.74, 6) is -0.201. The van der Waals surface area contributed by atoms with Gasteiger partial charge in [-0.2, -0.15) is 0 Å². The average molecular weight is 306 g/mol. The molecule has 112 valence electrons. The van der Waals surface area contributed by atoms with E-state index in [4.69, 9.17) is 0 Å². The molecule has 6 nitrogen and oxygen atoms in total. The van der Waals surface area contributed by atoms with Crippen molar-refractivity contribution >= 4 is 34.7 Å². The van der Waals surface area contributed by atoms with Crippen LogP contribution in [0.5, 0.6) is 0 Å². The highest BCUT2D eigenvalue weighted by atomic mass is 32.2. The summed E-state index contributed by atoms with van der Waals surface area (Å²) >= 11 is 1.30. The zero-order valence-corrected chi connectivity index (χ0v) is 13.0. The van der Waals surface area contributed by atoms with Gasteiger partial charge in [0.25, 0.3) is 0 Å². The number of imide groups is 1. The van der Waals surface area contributed by atoms with E-state index in [9.17, 15) is 9.59 Å². The van der Waals surface area contributed by atoms with Crippen LogP contribution in [0.3, 0.4) is 0 Å². The molecule has 21 heavy (non-hydrogen) atoms. The second kappa shape index (κ2) is 6.62. The highest BCUT2D eigenvalue weighted by Crippen LogP contribution is 2.22. The number of hydrogen-bond donors (Lipinski definition) is 2. The van der Waals surface area contributed by atoms with Gasteiger partial charge in [-0.3, -0.25) is 10.1 Å². The van der Waals surface area contributed by atoms with Gasteiger partial charge in [0.05, 0.1) is 16.8 Å². The van der Waals surface area contributed by atoms with Crippen LogP contribution in [0, 0.1) is 0 Å². The van der Waals surface area contributed by atoms with Gasteiger partial charge in [-0.1, -0.05) is 23.9 Å². The molecule has 0 atom stereocenters. The number of aromatic nitrogens is 2. The van der Waals surface area contributed by atoms with Gasteiger partial charge in [0, 0.05) is 13.1 Å². The SMILES string of the molecule is CC(C)NC(=O)NC(=O)CSc1nc2ccccc2n1C. The van der Waals surface area contributed by atoms with Crippen molar-refractivity contribution in [3.05, 3.63) is 24.3 Å². The standard InChI is InChI=1S/C14H18N4O2S/c1-9(2)15-13(20)17-12(19)8-21-14-16-10-6-4-5-7-11(10)18(14)3/h4-7,9H,8H2,1-3H3,(H2,15,17,19,20). The van der Waals surface area contributed by atoms with Gasteiger partial charge < -0.3 is 9.88 Å². The number of aryl methyl sites for hydroxylation is 1. The quantitative estimate of drug-likeness (QED) is 0.846. The Labute approximate surface area is 127 Å². The monoisotopic (exact) mass is 306 g/mol. The minimum Gasteiger partial charge on any atom is -0.336 e. The second-order valence-electron chi connectivity index (χ2n) is 4.91. The molecule has 1 aromatic carbocycles. The molecule has 1 heterocycles. The van der Waals surface area contributed by atoms with E-state index in [0.717, 1.165) is 16.2 Å². The molecule has 0 fully saturated rings. The number of amides is 3. The average Bonchev–Trinajstić information content (AvgIpc) is 2.73. The first-order chi connectivity index (χ1) is 9.97. The summed E-state index contributed by atoms with van der Waals surface area (Å²) in [5.41, 5.74) is 1.90. The number of urea groups is 1. The van der Waals surface area contributed by atoms with Gasteiger partial charge in [-0.15, -0.1) is 0 Å². The van der Waals surface area contributed by atoms with E-state index in [2.05, 4.69) is 15.6 Å². The number of thioether (sulfide) groups is 1. The number of imidazole rings is 1. The Hall–Kier alpha value is -2.02. The maximum absolute atomic E-state index is 11.7. The van der Waals surface area contributed by atoms with Crippen molar-refractivity contribution in [3.8, 4) is 0 Å². The van der Waals surface area contributed by atoms with E-state index in [1.807, 2.05) is 49.7 Å². The van der Waals surface area contributed by atoms with Gasteiger partial charge in [-0.05, 0) is 26.0 Å². The lowest BCUT2D eigenvalue weighted by Crippen LogP contribution is -2.43. The van der Waals surface area contributed by atoms with Gasteiger partial charge in [0.2, 0.25) is 5.91 Å². The lowest BCUT2D eigenvalue weighted by Gasteiger charge is -2.08. The molecule has 0 bridgehead atoms. The molecule has 0 unspecified atom stereocenters. The van der Waals surface area contributed by atoms with Crippen LogP contribution < -0.4 is 10.6 Å².